The molecule has 5 nitrogen and oxygen atoms in total. The number of amides is 1. The molecule has 0 radical (unpaired) electrons. The second-order valence-electron chi connectivity index (χ2n) is 4.25. The van der Waals surface area contributed by atoms with Crippen LogP contribution in [0.3, 0.4) is 0 Å². The average molecular weight is 224 g/mol. The Kier molecular flexibility index (Phi) is 3.42. The summed E-state index contributed by atoms with van der Waals surface area (Å²) in [6.07, 6.45) is 2.88. The average Bonchev–Trinajstić information content (AvgIpc) is 2.39. The monoisotopic (exact) mass is 224 g/mol. The lowest BCUT2D eigenvalue weighted by molar-refractivity contribution is -0.207. The summed E-state index contributed by atoms with van der Waals surface area (Å²) in [4.78, 5) is 17.5. The van der Waals surface area contributed by atoms with Gasteiger partial charge in [-0.3, -0.25) is 9.63 Å². The largest absolute Gasteiger partial charge is 0.381 e. The highest BCUT2D eigenvalue weighted by Gasteiger charge is 2.44. The summed E-state index contributed by atoms with van der Waals surface area (Å²) in [5, 5.41) is 10.6. The van der Waals surface area contributed by atoms with E-state index in [-0.39, 0.29) is 5.91 Å². The first-order chi connectivity index (χ1) is 7.78. The molecule has 1 amide bonds. The van der Waals surface area contributed by atoms with Crippen LogP contribution in [0.2, 0.25) is 0 Å². The molecule has 0 N–H and O–H groups in total. The van der Waals surface area contributed by atoms with E-state index in [0.717, 1.165) is 12.8 Å². The maximum atomic E-state index is 12.2. The fraction of sp³-hybridized carbons (Fsp3) is 0.818. The second kappa shape index (κ2) is 4.81. The van der Waals surface area contributed by atoms with Crippen molar-refractivity contribution in [2.45, 2.75) is 25.7 Å². The predicted octanol–water partition coefficient (Wildman–Crippen LogP) is 0.861. The van der Waals surface area contributed by atoms with E-state index in [1.165, 1.54) is 5.06 Å². The van der Waals surface area contributed by atoms with E-state index in [2.05, 4.69) is 6.07 Å². The highest BCUT2D eigenvalue weighted by molar-refractivity contribution is 5.84. The maximum absolute atomic E-state index is 12.2. The number of nitriles is 1. The molecule has 0 aliphatic carbocycles. The van der Waals surface area contributed by atoms with Crippen LogP contribution < -0.4 is 0 Å². The summed E-state index contributed by atoms with van der Waals surface area (Å²) in [6.45, 7) is 2.13. The molecule has 2 aliphatic heterocycles. The summed E-state index contributed by atoms with van der Waals surface area (Å²) in [5.74, 6) is -0.182. The fourth-order valence-electron chi connectivity index (χ4n) is 2.09. The molecule has 2 fully saturated rings. The number of hydroxylamine groups is 2. The summed E-state index contributed by atoms with van der Waals surface area (Å²) in [5.41, 5.74) is -0.921. The first kappa shape index (κ1) is 11.4. The van der Waals surface area contributed by atoms with Gasteiger partial charge in [0.2, 0.25) is 0 Å². The van der Waals surface area contributed by atoms with Gasteiger partial charge >= 0.3 is 0 Å². The number of ether oxygens (including phenoxy) is 1. The van der Waals surface area contributed by atoms with Crippen LogP contribution in [0.1, 0.15) is 25.7 Å². The molecule has 2 rings (SSSR count). The Labute approximate surface area is 94.9 Å². The van der Waals surface area contributed by atoms with Gasteiger partial charge in [-0.15, -0.1) is 0 Å². The van der Waals surface area contributed by atoms with Crippen molar-refractivity contribution in [3.05, 3.63) is 0 Å². The Morgan fingerprint density at radius 2 is 2.00 bits per heavy atom. The van der Waals surface area contributed by atoms with Crippen molar-refractivity contribution in [3.63, 3.8) is 0 Å². The van der Waals surface area contributed by atoms with E-state index in [1.807, 2.05) is 0 Å². The summed E-state index contributed by atoms with van der Waals surface area (Å²) >= 11 is 0. The van der Waals surface area contributed by atoms with Gasteiger partial charge in [-0.1, -0.05) is 0 Å². The lowest BCUT2D eigenvalue weighted by Gasteiger charge is -2.35. The zero-order valence-corrected chi connectivity index (χ0v) is 9.28. The van der Waals surface area contributed by atoms with Crippen molar-refractivity contribution in [3.8, 4) is 6.07 Å². The van der Waals surface area contributed by atoms with Crippen LogP contribution in [0.15, 0.2) is 0 Å². The predicted molar refractivity (Wildman–Crippen MR) is 55.0 cm³/mol. The van der Waals surface area contributed by atoms with Crippen molar-refractivity contribution in [1.82, 2.24) is 5.06 Å². The zero-order valence-electron chi connectivity index (χ0n) is 9.28. The molecular weight excluding hydrogens is 208 g/mol. The van der Waals surface area contributed by atoms with Gasteiger partial charge in [-0.25, -0.2) is 5.06 Å². The molecule has 0 spiro atoms. The lowest BCUT2D eigenvalue weighted by Crippen LogP contribution is -2.47. The van der Waals surface area contributed by atoms with Crippen LogP contribution in [0.4, 0.5) is 0 Å². The third-order valence-electron chi connectivity index (χ3n) is 3.20. The fourth-order valence-corrected chi connectivity index (χ4v) is 2.09. The highest BCUT2D eigenvalue weighted by Crippen LogP contribution is 2.32. The summed E-state index contributed by atoms with van der Waals surface area (Å²) in [7, 11) is 0. The minimum atomic E-state index is -0.921. The Morgan fingerprint density at radius 1 is 1.25 bits per heavy atom. The van der Waals surface area contributed by atoms with Crippen molar-refractivity contribution < 1.29 is 14.4 Å². The molecule has 16 heavy (non-hydrogen) atoms. The number of rotatable bonds is 1. The van der Waals surface area contributed by atoms with Gasteiger partial charge in [0.15, 0.2) is 0 Å². The van der Waals surface area contributed by atoms with Crippen molar-refractivity contribution >= 4 is 5.91 Å². The molecule has 2 aliphatic rings. The topological polar surface area (TPSA) is 62.6 Å². The third kappa shape index (κ3) is 2.04. The van der Waals surface area contributed by atoms with E-state index in [0.29, 0.717) is 39.2 Å². The molecule has 5 heteroatoms. The van der Waals surface area contributed by atoms with Gasteiger partial charge in [-0.2, -0.15) is 5.26 Å². The standard InChI is InChI=1S/C11H16N2O3/c12-9-11(3-7-15-8-4-11)10(14)13-5-1-2-6-16-13/h1-8H2. The summed E-state index contributed by atoms with van der Waals surface area (Å²) < 4.78 is 5.20. The number of carbonyl (C=O) groups excluding carboxylic acids is 1. The molecule has 0 bridgehead atoms. The van der Waals surface area contributed by atoms with Crippen LogP contribution >= 0.6 is 0 Å². The first-order valence-corrected chi connectivity index (χ1v) is 5.72. The molecule has 0 aromatic carbocycles. The number of nitrogens with zero attached hydrogens (tertiary/aromatic N) is 2. The molecule has 0 unspecified atom stereocenters. The minimum absolute atomic E-state index is 0.182. The molecule has 0 saturated carbocycles. The smallest absolute Gasteiger partial charge is 0.266 e. The highest BCUT2D eigenvalue weighted by atomic mass is 16.7. The quantitative estimate of drug-likeness (QED) is 0.662. The Morgan fingerprint density at radius 3 is 2.56 bits per heavy atom. The van der Waals surface area contributed by atoms with Gasteiger partial charge in [0.25, 0.3) is 5.91 Å². The summed E-state index contributed by atoms with van der Waals surface area (Å²) in [6, 6.07) is 2.16. The normalized spacial score (nSPS) is 24.8. The Balaban J connectivity index is 2.08. The molecule has 2 saturated heterocycles. The SMILES string of the molecule is N#CC1(C(=O)N2CCCCO2)CCOCC1. The third-order valence-corrected chi connectivity index (χ3v) is 3.20. The molecule has 2 heterocycles. The lowest BCUT2D eigenvalue weighted by atomic mass is 9.80. The van der Waals surface area contributed by atoms with Gasteiger partial charge < -0.3 is 4.74 Å². The molecular formula is C11H16N2O3. The van der Waals surface area contributed by atoms with Gasteiger partial charge in [0.05, 0.1) is 12.7 Å². The van der Waals surface area contributed by atoms with E-state index >= 15 is 0 Å². The number of hydrogen-bond acceptors (Lipinski definition) is 4. The molecule has 0 atom stereocenters. The Bertz CT molecular complexity index is 299. The van der Waals surface area contributed by atoms with E-state index < -0.39 is 5.41 Å². The van der Waals surface area contributed by atoms with Crippen molar-refractivity contribution in [2.75, 3.05) is 26.4 Å². The van der Waals surface area contributed by atoms with E-state index in [9.17, 15) is 10.1 Å². The van der Waals surface area contributed by atoms with Crippen LogP contribution in [0.5, 0.6) is 0 Å². The minimum Gasteiger partial charge on any atom is -0.381 e. The van der Waals surface area contributed by atoms with Crippen LogP contribution in [-0.4, -0.2) is 37.3 Å². The van der Waals surface area contributed by atoms with Crippen molar-refractivity contribution in [1.29, 1.82) is 5.26 Å². The maximum Gasteiger partial charge on any atom is 0.266 e. The number of carbonyl (C=O) groups is 1. The second-order valence-corrected chi connectivity index (χ2v) is 4.25. The van der Waals surface area contributed by atoms with E-state index in [1.54, 1.807) is 0 Å². The van der Waals surface area contributed by atoms with Gasteiger partial charge in [-0.05, 0) is 25.7 Å². The van der Waals surface area contributed by atoms with Crippen LogP contribution in [0.25, 0.3) is 0 Å². The number of hydrogen-bond donors (Lipinski definition) is 0. The van der Waals surface area contributed by atoms with Crippen LogP contribution in [0, 0.1) is 16.7 Å². The van der Waals surface area contributed by atoms with Gasteiger partial charge in [0, 0.05) is 19.8 Å². The molecule has 88 valence electrons. The van der Waals surface area contributed by atoms with Crippen LogP contribution in [-0.2, 0) is 14.4 Å². The van der Waals surface area contributed by atoms with Gasteiger partial charge in [0.1, 0.15) is 5.41 Å². The zero-order chi connectivity index (χ0) is 11.4. The Hall–Kier alpha value is -1.12. The molecule has 0 aromatic heterocycles. The first-order valence-electron chi connectivity index (χ1n) is 5.72. The van der Waals surface area contributed by atoms with E-state index in [4.69, 9.17) is 9.57 Å². The van der Waals surface area contributed by atoms with Crippen molar-refractivity contribution in [2.24, 2.45) is 5.41 Å². The molecule has 0 aromatic rings.